The zero-order chi connectivity index (χ0) is 30.6. The van der Waals surface area contributed by atoms with Crippen LogP contribution in [0, 0.1) is 52.8 Å². The molecule has 10 rings (SSSR count). The highest BCUT2D eigenvalue weighted by Gasteiger charge is 2.71. The lowest BCUT2D eigenvalue weighted by Crippen LogP contribution is -2.70. The zero-order valence-corrected chi connectivity index (χ0v) is 27.1. The molecule has 1 unspecified atom stereocenters. The van der Waals surface area contributed by atoms with E-state index < -0.39 is 47.9 Å². The molecule has 0 radical (unpaired) electrons. The third kappa shape index (κ3) is 4.40. The molecule has 10 aliphatic rings. The van der Waals surface area contributed by atoms with Crippen LogP contribution in [0.5, 0.6) is 0 Å². The van der Waals surface area contributed by atoms with E-state index in [2.05, 4.69) is 27.7 Å². The molecule has 0 aromatic rings. The first-order valence-electron chi connectivity index (χ1n) is 17.2. The van der Waals surface area contributed by atoms with Crippen molar-refractivity contribution in [3.8, 4) is 0 Å². The van der Waals surface area contributed by atoms with Crippen molar-refractivity contribution in [2.45, 2.75) is 141 Å². The molecule has 44 heavy (non-hydrogen) atoms. The summed E-state index contributed by atoms with van der Waals surface area (Å²) < 4.78 is 38.5. The Hall–Kier alpha value is -0.730. The molecule has 1 N–H and O–H groups in total. The van der Waals surface area contributed by atoms with Gasteiger partial charge in [-0.1, -0.05) is 27.7 Å². The summed E-state index contributed by atoms with van der Waals surface area (Å²) >= 11 is 0. The number of fused-ring (bicyclic) bond motifs is 4. The molecule has 16 atom stereocenters. The van der Waals surface area contributed by atoms with E-state index in [1.54, 1.807) is 0 Å². The first-order chi connectivity index (χ1) is 21.0. The van der Waals surface area contributed by atoms with Gasteiger partial charge in [0.1, 0.15) is 0 Å². The van der Waals surface area contributed by atoms with Crippen LogP contribution in [-0.2, 0) is 48.0 Å². The van der Waals surface area contributed by atoms with Crippen molar-refractivity contribution >= 4 is 5.71 Å². The fourth-order valence-corrected chi connectivity index (χ4v) is 10.5. The predicted molar refractivity (Wildman–Crippen MR) is 153 cm³/mol. The highest BCUT2D eigenvalue weighted by Crippen LogP contribution is 2.62. The van der Waals surface area contributed by atoms with Gasteiger partial charge in [-0.25, -0.2) is 19.6 Å². The Balaban J connectivity index is 0.917. The zero-order valence-electron chi connectivity index (χ0n) is 27.1. The Kier molecular flexibility index (Phi) is 7.40. The summed E-state index contributed by atoms with van der Waals surface area (Å²) in [5, 5.41) is 8.73. The van der Waals surface area contributed by atoms with Crippen LogP contribution in [0.1, 0.15) is 92.9 Å². The lowest BCUT2D eigenvalue weighted by atomic mass is 9.58. The molecule has 4 bridgehead atoms. The molecule has 2 aliphatic carbocycles. The van der Waals surface area contributed by atoms with Gasteiger partial charge in [0.25, 0.3) is 0 Å². The molecule has 2 spiro atoms. The normalized spacial score (nSPS) is 57.6. The van der Waals surface area contributed by atoms with Crippen LogP contribution in [0.15, 0.2) is 0 Å². The van der Waals surface area contributed by atoms with Gasteiger partial charge in [-0.3, -0.25) is 0 Å². The van der Waals surface area contributed by atoms with Gasteiger partial charge < -0.3 is 33.8 Å². The summed E-state index contributed by atoms with van der Waals surface area (Å²) in [7, 11) is 0. The Bertz CT molecular complexity index is 1060. The highest BCUT2D eigenvalue weighted by atomic mass is 17.3. The maximum absolute atomic E-state index is 8.73. The van der Waals surface area contributed by atoms with E-state index in [0.717, 1.165) is 51.4 Å². The van der Waals surface area contributed by atoms with Gasteiger partial charge in [0.2, 0.25) is 11.6 Å². The lowest BCUT2D eigenvalue weighted by molar-refractivity contribution is -0.577. The third-order valence-corrected chi connectivity index (χ3v) is 13.0. The maximum Gasteiger partial charge on any atom is 0.201 e. The first kappa shape index (κ1) is 30.6. The quantitative estimate of drug-likeness (QED) is 0.303. The van der Waals surface area contributed by atoms with E-state index in [1.807, 2.05) is 13.8 Å². The van der Waals surface area contributed by atoms with Gasteiger partial charge in [0.05, 0.1) is 18.9 Å². The summed E-state index contributed by atoms with van der Waals surface area (Å²) in [5.41, 5.74) is -0.931. The van der Waals surface area contributed by atoms with Crippen molar-refractivity contribution in [3.05, 3.63) is 0 Å². The van der Waals surface area contributed by atoms with Crippen molar-refractivity contribution in [1.29, 1.82) is 5.41 Å². The van der Waals surface area contributed by atoms with Gasteiger partial charge in [-0.2, -0.15) is 0 Å². The average molecular weight is 622 g/mol. The Labute approximate surface area is 260 Å². The van der Waals surface area contributed by atoms with Gasteiger partial charge in [-0.05, 0) is 76.0 Å². The van der Waals surface area contributed by atoms with E-state index in [-0.39, 0.29) is 36.9 Å². The van der Waals surface area contributed by atoms with Crippen LogP contribution in [0.3, 0.4) is 0 Å². The largest absolute Gasteiger partial charge is 0.346 e. The molecule has 8 aliphatic heterocycles. The first-order valence-corrected chi connectivity index (χ1v) is 17.2. The number of hydrogen-bond donors (Lipinski definition) is 1. The second-order valence-electron chi connectivity index (χ2n) is 15.8. The smallest absolute Gasteiger partial charge is 0.201 e. The topological polar surface area (TPSA) is 116 Å². The van der Waals surface area contributed by atoms with E-state index in [1.165, 1.54) is 0 Å². The number of hydrogen-bond acceptors (Lipinski definition) is 11. The van der Waals surface area contributed by atoms with Gasteiger partial charge in [0, 0.05) is 36.5 Å². The fraction of sp³-hybridized carbons (Fsp3) is 0.970. The van der Waals surface area contributed by atoms with E-state index >= 15 is 0 Å². The van der Waals surface area contributed by atoms with Crippen molar-refractivity contribution in [2.75, 3.05) is 13.2 Å². The van der Waals surface area contributed by atoms with Crippen LogP contribution >= 0.6 is 0 Å². The SMILES string of the molecule is C[C@H]1[C@@H](OCC(=N)CO[C@H]2O[C@@H]3O[C@@]4(C)CC[C@H]5[C@H](C)CC[C@@H]([C@H]2C)[C@@]35OO4)OC2O[C@@]3(C)CC[C@H]4[C@H](C)CC[C@@H]1[C@@]24OO3. The predicted octanol–water partition coefficient (Wildman–Crippen LogP) is 5.46. The molecule has 0 aromatic heterocycles. The van der Waals surface area contributed by atoms with Crippen molar-refractivity contribution in [3.63, 3.8) is 0 Å². The van der Waals surface area contributed by atoms with Crippen molar-refractivity contribution in [2.24, 2.45) is 47.3 Å². The minimum absolute atomic E-state index is 0.0514. The lowest BCUT2D eigenvalue weighted by Gasteiger charge is -2.60. The summed E-state index contributed by atoms with van der Waals surface area (Å²) in [5.74, 6) is 0.406. The Morgan fingerprint density at radius 1 is 0.614 bits per heavy atom. The highest BCUT2D eigenvalue weighted by molar-refractivity contribution is 5.83. The standard InChI is InChI=1S/C33H51NO10/c1-17-7-9-24-19(3)26(37-28-32(24)22(17)11-13-30(5,39-28)41-43-32)35-15-21(34)16-36-27-20(4)25-10-8-18(2)23-12-14-31(6)40-29(38-27)33(23,25)44-42-31/h17-20,22-29,34H,7-16H2,1-6H3/t17-,18-,19-,20-,22+,23+,24+,25+,26+,27+,28-,29?,30-,31-,32-,33-/m1/s1. The molecule has 0 aromatic carbocycles. The molecule has 11 nitrogen and oxygen atoms in total. The minimum atomic E-state index is -0.829. The van der Waals surface area contributed by atoms with Gasteiger partial charge >= 0.3 is 0 Å². The summed E-state index contributed by atoms with van der Waals surface area (Å²) in [6.45, 7) is 13.0. The van der Waals surface area contributed by atoms with Crippen LogP contribution in [-0.4, -0.2) is 66.9 Å². The van der Waals surface area contributed by atoms with E-state index in [4.69, 9.17) is 53.4 Å². The van der Waals surface area contributed by atoms with Crippen LogP contribution in [0.25, 0.3) is 0 Å². The molecule has 0 amide bonds. The number of rotatable bonds is 6. The summed E-state index contributed by atoms with van der Waals surface area (Å²) in [6.07, 6.45) is 5.61. The van der Waals surface area contributed by atoms with Crippen LogP contribution < -0.4 is 0 Å². The molecule has 248 valence electrons. The van der Waals surface area contributed by atoms with Crippen LogP contribution in [0.2, 0.25) is 0 Å². The summed E-state index contributed by atoms with van der Waals surface area (Å²) in [4.78, 5) is 24.3. The summed E-state index contributed by atoms with van der Waals surface area (Å²) in [6, 6.07) is 0. The molecular weight excluding hydrogens is 570 g/mol. The molecule has 2 saturated carbocycles. The molecule has 8 saturated heterocycles. The fourth-order valence-electron chi connectivity index (χ4n) is 10.5. The van der Waals surface area contributed by atoms with Crippen molar-refractivity contribution in [1.82, 2.24) is 0 Å². The second kappa shape index (κ2) is 10.6. The van der Waals surface area contributed by atoms with E-state index in [9.17, 15) is 0 Å². The maximum atomic E-state index is 8.73. The van der Waals surface area contributed by atoms with Crippen molar-refractivity contribution < 1.29 is 48.0 Å². The number of ether oxygens (including phenoxy) is 6. The van der Waals surface area contributed by atoms with Gasteiger partial charge in [0.15, 0.2) is 36.4 Å². The third-order valence-electron chi connectivity index (χ3n) is 13.0. The van der Waals surface area contributed by atoms with Crippen LogP contribution in [0.4, 0.5) is 0 Å². The molecular formula is C33H51NO10. The number of nitrogens with one attached hydrogen (secondary N) is 1. The monoisotopic (exact) mass is 621 g/mol. The Morgan fingerprint density at radius 3 is 1.48 bits per heavy atom. The second-order valence-corrected chi connectivity index (χ2v) is 15.8. The molecule has 10 fully saturated rings. The Morgan fingerprint density at radius 2 is 1.05 bits per heavy atom. The molecule has 8 heterocycles. The minimum Gasteiger partial charge on any atom is -0.346 e. The average Bonchev–Trinajstić information content (AvgIpc) is 3.37. The molecule has 11 heteroatoms. The van der Waals surface area contributed by atoms with Gasteiger partial charge in [-0.15, -0.1) is 0 Å². The van der Waals surface area contributed by atoms with E-state index in [0.29, 0.717) is 29.4 Å².